The lowest BCUT2D eigenvalue weighted by Crippen LogP contribution is -2.26. The van der Waals surface area contributed by atoms with Crippen molar-refractivity contribution < 1.29 is 12.8 Å². The fraction of sp³-hybridized carbons (Fsp3) is 0.200. The number of benzene rings is 2. The standard InChI is InChI=1S/C15H14Cl2FNO2S2/c16-11-4-6-12(7-5-11)23(20,21)19-8-9-22-10-13-14(17)2-1-3-15(13)18/h1-7,19H,8-10H2. The number of thioether (sulfide) groups is 1. The van der Waals surface area contributed by atoms with E-state index in [0.717, 1.165) is 0 Å². The number of sulfonamides is 1. The minimum Gasteiger partial charge on any atom is -0.210 e. The maximum atomic E-state index is 13.6. The molecule has 124 valence electrons. The fourth-order valence-corrected chi connectivity index (χ4v) is 4.27. The largest absolute Gasteiger partial charge is 0.240 e. The highest BCUT2D eigenvalue weighted by Gasteiger charge is 2.13. The summed E-state index contributed by atoms with van der Waals surface area (Å²) >= 11 is 13.1. The third kappa shape index (κ3) is 5.36. The Hall–Kier alpha value is -0.790. The van der Waals surface area contributed by atoms with Crippen molar-refractivity contribution in [1.29, 1.82) is 0 Å². The van der Waals surface area contributed by atoms with E-state index in [0.29, 0.717) is 27.1 Å². The van der Waals surface area contributed by atoms with Gasteiger partial charge in [-0.2, -0.15) is 11.8 Å². The smallest absolute Gasteiger partial charge is 0.210 e. The molecule has 0 saturated carbocycles. The van der Waals surface area contributed by atoms with Crippen LogP contribution in [0.3, 0.4) is 0 Å². The molecule has 0 atom stereocenters. The molecule has 0 aliphatic heterocycles. The van der Waals surface area contributed by atoms with Crippen LogP contribution < -0.4 is 4.72 Å². The zero-order valence-electron chi connectivity index (χ0n) is 11.9. The van der Waals surface area contributed by atoms with Crippen LogP contribution in [0.4, 0.5) is 4.39 Å². The molecule has 8 heteroatoms. The van der Waals surface area contributed by atoms with E-state index in [1.807, 2.05) is 0 Å². The summed E-state index contributed by atoms with van der Waals surface area (Å²) in [4.78, 5) is 0.157. The van der Waals surface area contributed by atoms with Crippen molar-refractivity contribution in [1.82, 2.24) is 4.72 Å². The second kappa shape index (κ2) is 8.35. The average Bonchev–Trinajstić information content (AvgIpc) is 2.50. The predicted octanol–water partition coefficient (Wildman–Crippen LogP) is 4.34. The molecule has 3 nitrogen and oxygen atoms in total. The summed E-state index contributed by atoms with van der Waals surface area (Å²) in [5, 5.41) is 0.848. The van der Waals surface area contributed by atoms with Crippen molar-refractivity contribution >= 4 is 45.0 Å². The molecule has 1 N–H and O–H groups in total. The summed E-state index contributed by atoms with van der Waals surface area (Å²) in [6.07, 6.45) is 0. The Morgan fingerprint density at radius 1 is 1.09 bits per heavy atom. The molecule has 0 radical (unpaired) electrons. The van der Waals surface area contributed by atoms with E-state index < -0.39 is 10.0 Å². The Morgan fingerprint density at radius 2 is 1.78 bits per heavy atom. The summed E-state index contributed by atoms with van der Waals surface area (Å²) in [7, 11) is -3.56. The Morgan fingerprint density at radius 3 is 2.43 bits per heavy atom. The SMILES string of the molecule is O=S(=O)(NCCSCc1c(F)cccc1Cl)c1ccc(Cl)cc1. The van der Waals surface area contributed by atoms with Gasteiger partial charge in [-0.25, -0.2) is 17.5 Å². The van der Waals surface area contributed by atoms with Crippen LogP contribution in [0.2, 0.25) is 10.0 Å². The van der Waals surface area contributed by atoms with Crippen molar-refractivity contribution in [2.45, 2.75) is 10.6 Å². The summed E-state index contributed by atoms with van der Waals surface area (Å²) < 4.78 is 40.2. The molecule has 2 rings (SSSR count). The van der Waals surface area contributed by atoms with Crippen LogP contribution in [0.15, 0.2) is 47.4 Å². The second-order valence-corrected chi connectivity index (χ2v) is 8.32. The van der Waals surface area contributed by atoms with E-state index >= 15 is 0 Å². The number of nitrogens with one attached hydrogen (secondary N) is 1. The molecule has 2 aromatic rings. The van der Waals surface area contributed by atoms with Gasteiger partial charge in [0.15, 0.2) is 0 Å². The number of hydrogen-bond donors (Lipinski definition) is 1. The Bertz CT molecular complexity index is 747. The van der Waals surface area contributed by atoms with E-state index in [2.05, 4.69) is 4.72 Å². The van der Waals surface area contributed by atoms with Gasteiger partial charge >= 0.3 is 0 Å². The molecule has 0 unspecified atom stereocenters. The van der Waals surface area contributed by atoms with Gasteiger partial charge in [-0.3, -0.25) is 0 Å². The molecule has 0 fully saturated rings. The molecule has 0 heterocycles. The first-order valence-corrected chi connectivity index (χ1v) is 10.1. The molecule has 0 bridgehead atoms. The number of rotatable bonds is 7. The lowest BCUT2D eigenvalue weighted by molar-refractivity contribution is 0.584. The normalized spacial score (nSPS) is 11.6. The molecule has 0 aliphatic carbocycles. The highest BCUT2D eigenvalue weighted by atomic mass is 35.5. The van der Waals surface area contributed by atoms with E-state index in [1.54, 1.807) is 12.1 Å². The van der Waals surface area contributed by atoms with Gasteiger partial charge in [0.25, 0.3) is 0 Å². The van der Waals surface area contributed by atoms with Crippen LogP contribution in [-0.2, 0) is 15.8 Å². The van der Waals surface area contributed by atoms with Crippen molar-refractivity contribution in [2.75, 3.05) is 12.3 Å². The van der Waals surface area contributed by atoms with Gasteiger partial charge in [-0.15, -0.1) is 0 Å². The van der Waals surface area contributed by atoms with Gasteiger partial charge in [-0.1, -0.05) is 29.3 Å². The highest BCUT2D eigenvalue weighted by molar-refractivity contribution is 7.98. The van der Waals surface area contributed by atoms with Crippen LogP contribution in [0, 0.1) is 5.82 Å². The van der Waals surface area contributed by atoms with E-state index in [1.165, 1.54) is 42.1 Å². The molecule has 0 saturated heterocycles. The number of hydrogen-bond acceptors (Lipinski definition) is 3. The number of halogens is 3. The van der Waals surface area contributed by atoms with Crippen LogP contribution in [0.1, 0.15) is 5.56 Å². The topological polar surface area (TPSA) is 46.2 Å². The summed E-state index contributed by atoms with van der Waals surface area (Å²) in [5.41, 5.74) is 0.430. The van der Waals surface area contributed by atoms with Crippen LogP contribution in [-0.4, -0.2) is 20.7 Å². The highest BCUT2D eigenvalue weighted by Crippen LogP contribution is 2.23. The summed E-state index contributed by atoms with van der Waals surface area (Å²) in [6.45, 7) is 0.238. The van der Waals surface area contributed by atoms with Gasteiger partial charge < -0.3 is 0 Å². The second-order valence-electron chi connectivity index (χ2n) is 4.60. The molecule has 0 aliphatic rings. The van der Waals surface area contributed by atoms with Gasteiger partial charge in [-0.05, 0) is 36.4 Å². The van der Waals surface area contributed by atoms with E-state index in [4.69, 9.17) is 23.2 Å². The lowest BCUT2D eigenvalue weighted by atomic mass is 10.2. The Labute approximate surface area is 149 Å². The zero-order chi connectivity index (χ0) is 16.9. The minimum atomic E-state index is -3.56. The van der Waals surface area contributed by atoms with Crippen molar-refractivity contribution in [3.63, 3.8) is 0 Å². The van der Waals surface area contributed by atoms with Crippen molar-refractivity contribution in [3.8, 4) is 0 Å². The van der Waals surface area contributed by atoms with Crippen LogP contribution >= 0.6 is 35.0 Å². The molecular weight excluding hydrogens is 380 g/mol. The van der Waals surface area contributed by atoms with Crippen molar-refractivity contribution in [3.05, 3.63) is 63.9 Å². The predicted molar refractivity (Wildman–Crippen MR) is 94.2 cm³/mol. The van der Waals surface area contributed by atoms with Crippen LogP contribution in [0.5, 0.6) is 0 Å². The minimum absolute atomic E-state index is 0.157. The first-order chi connectivity index (χ1) is 10.9. The maximum Gasteiger partial charge on any atom is 0.240 e. The molecule has 0 spiro atoms. The third-order valence-electron chi connectivity index (χ3n) is 2.97. The Balaban J connectivity index is 1.82. The fourth-order valence-electron chi connectivity index (χ4n) is 1.79. The summed E-state index contributed by atoms with van der Waals surface area (Å²) in [5.74, 6) is 0.526. The molecule has 23 heavy (non-hydrogen) atoms. The van der Waals surface area contributed by atoms with Gasteiger partial charge in [0.2, 0.25) is 10.0 Å². The van der Waals surface area contributed by atoms with Gasteiger partial charge in [0.05, 0.1) is 4.90 Å². The quantitative estimate of drug-likeness (QED) is 0.711. The van der Waals surface area contributed by atoms with Gasteiger partial charge in [0.1, 0.15) is 5.82 Å². The van der Waals surface area contributed by atoms with Gasteiger partial charge in [0, 0.05) is 33.7 Å². The molecule has 2 aromatic carbocycles. The van der Waals surface area contributed by atoms with Crippen molar-refractivity contribution in [2.24, 2.45) is 0 Å². The van der Waals surface area contributed by atoms with E-state index in [9.17, 15) is 12.8 Å². The third-order valence-corrected chi connectivity index (χ3v) is 6.04. The monoisotopic (exact) mass is 393 g/mol. The molecular formula is C15H14Cl2FNO2S2. The first-order valence-electron chi connectivity index (χ1n) is 6.66. The summed E-state index contributed by atoms with van der Waals surface area (Å²) in [6, 6.07) is 10.4. The zero-order valence-corrected chi connectivity index (χ0v) is 15.1. The maximum absolute atomic E-state index is 13.6. The molecule has 0 amide bonds. The average molecular weight is 394 g/mol. The van der Waals surface area contributed by atoms with E-state index in [-0.39, 0.29) is 17.3 Å². The lowest BCUT2D eigenvalue weighted by Gasteiger charge is -2.08. The Kier molecular flexibility index (Phi) is 6.73. The van der Waals surface area contributed by atoms with Crippen LogP contribution in [0.25, 0.3) is 0 Å². The molecule has 0 aromatic heterocycles. The first kappa shape index (κ1) is 18.5.